The third-order valence-electron chi connectivity index (χ3n) is 4.69. The Labute approximate surface area is 113 Å². The maximum atomic E-state index is 11.3. The topological polar surface area (TPSA) is 40.5 Å². The van der Waals surface area contributed by atoms with Gasteiger partial charge in [-0.1, -0.05) is 13.8 Å². The van der Waals surface area contributed by atoms with E-state index >= 15 is 0 Å². The molecule has 1 aliphatic heterocycles. The van der Waals surface area contributed by atoms with Crippen molar-refractivity contribution in [2.24, 2.45) is 17.8 Å². The van der Waals surface area contributed by atoms with Gasteiger partial charge in [0.15, 0.2) is 0 Å². The molecule has 0 aromatic heterocycles. The van der Waals surface area contributed by atoms with Crippen molar-refractivity contribution in [3.8, 4) is 0 Å². The minimum absolute atomic E-state index is 0.118. The summed E-state index contributed by atoms with van der Waals surface area (Å²) in [6.45, 7) is 7.48. The third-order valence-corrected chi connectivity index (χ3v) is 5.96. The summed E-state index contributed by atoms with van der Waals surface area (Å²) in [7, 11) is -0.595. The first-order valence-corrected chi connectivity index (χ1v) is 8.80. The van der Waals surface area contributed by atoms with E-state index in [2.05, 4.69) is 18.7 Å². The zero-order valence-corrected chi connectivity index (χ0v) is 12.5. The summed E-state index contributed by atoms with van der Waals surface area (Å²) in [5, 5.41) is 10.2. The van der Waals surface area contributed by atoms with Crippen LogP contribution in [0.15, 0.2) is 0 Å². The highest BCUT2D eigenvalue weighted by Gasteiger charge is 2.32. The Morgan fingerprint density at radius 1 is 1.28 bits per heavy atom. The van der Waals surface area contributed by atoms with Crippen LogP contribution in [0, 0.1) is 17.8 Å². The monoisotopic (exact) mass is 273 g/mol. The van der Waals surface area contributed by atoms with Crippen molar-refractivity contribution in [3.05, 3.63) is 0 Å². The van der Waals surface area contributed by atoms with Gasteiger partial charge in [0.25, 0.3) is 0 Å². The lowest BCUT2D eigenvalue weighted by molar-refractivity contribution is 0.0200. The fourth-order valence-electron chi connectivity index (χ4n) is 3.28. The first kappa shape index (κ1) is 14.5. The number of aliphatic hydroxyl groups is 1. The van der Waals surface area contributed by atoms with Crippen LogP contribution in [-0.4, -0.2) is 51.5 Å². The Balaban J connectivity index is 1.84. The Morgan fingerprint density at radius 2 is 1.94 bits per heavy atom. The van der Waals surface area contributed by atoms with Crippen LogP contribution in [0.5, 0.6) is 0 Å². The van der Waals surface area contributed by atoms with Crippen LogP contribution in [0.1, 0.15) is 33.1 Å². The van der Waals surface area contributed by atoms with Crippen LogP contribution >= 0.6 is 0 Å². The average molecular weight is 273 g/mol. The van der Waals surface area contributed by atoms with Crippen molar-refractivity contribution < 1.29 is 9.32 Å². The Kier molecular flexibility index (Phi) is 5.22. The summed E-state index contributed by atoms with van der Waals surface area (Å²) in [5.74, 6) is 3.57. The zero-order valence-electron chi connectivity index (χ0n) is 11.7. The van der Waals surface area contributed by atoms with Gasteiger partial charge in [-0.2, -0.15) is 0 Å². The smallest absolute Gasteiger partial charge is 0.0580 e. The largest absolute Gasteiger partial charge is 0.393 e. The molecular weight excluding hydrogens is 246 g/mol. The highest BCUT2D eigenvalue weighted by molar-refractivity contribution is 7.85. The molecule has 106 valence electrons. The molecule has 2 fully saturated rings. The fourth-order valence-corrected chi connectivity index (χ4v) is 4.40. The molecule has 0 radical (unpaired) electrons. The summed E-state index contributed by atoms with van der Waals surface area (Å²) in [4.78, 5) is 2.40. The average Bonchev–Trinajstić information content (AvgIpc) is 2.34. The van der Waals surface area contributed by atoms with Crippen molar-refractivity contribution in [2.45, 2.75) is 39.2 Å². The van der Waals surface area contributed by atoms with E-state index in [-0.39, 0.29) is 6.10 Å². The molecule has 0 spiro atoms. The summed E-state index contributed by atoms with van der Waals surface area (Å²) in [5.41, 5.74) is 0. The number of nitrogens with zero attached hydrogens (tertiary/aromatic N) is 1. The van der Waals surface area contributed by atoms with Crippen molar-refractivity contribution in [1.82, 2.24) is 4.90 Å². The molecule has 1 saturated heterocycles. The van der Waals surface area contributed by atoms with Crippen LogP contribution in [0.25, 0.3) is 0 Å². The molecular formula is C14H27NO2S. The molecule has 0 aromatic rings. The number of aliphatic hydroxyl groups excluding tert-OH is 1. The van der Waals surface area contributed by atoms with Crippen LogP contribution in [0.4, 0.5) is 0 Å². The molecule has 4 heteroatoms. The zero-order chi connectivity index (χ0) is 13.1. The molecule has 1 saturated carbocycles. The molecule has 3 nitrogen and oxygen atoms in total. The highest BCUT2D eigenvalue weighted by Crippen LogP contribution is 2.34. The second-order valence-electron chi connectivity index (χ2n) is 6.29. The minimum Gasteiger partial charge on any atom is -0.393 e. The molecule has 1 aliphatic carbocycles. The second kappa shape index (κ2) is 6.49. The molecule has 0 aromatic carbocycles. The van der Waals surface area contributed by atoms with E-state index in [1.54, 1.807) is 0 Å². The second-order valence-corrected chi connectivity index (χ2v) is 7.99. The van der Waals surface area contributed by atoms with Gasteiger partial charge in [-0.3, -0.25) is 4.21 Å². The highest BCUT2D eigenvalue weighted by atomic mass is 32.2. The first-order chi connectivity index (χ1) is 8.56. The van der Waals surface area contributed by atoms with Crippen LogP contribution in [-0.2, 0) is 10.8 Å². The van der Waals surface area contributed by atoms with Crippen molar-refractivity contribution in [3.63, 3.8) is 0 Å². The number of hydrogen-bond donors (Lipinski definition) is 1. The Hall–Kier alpha value is 0.0700. The first-order valence-electron chi connectivity index (χ1n) is 7.31. The summed E-state index contributed by atoms with van der Waals surface area (Å²) in [6.07, 6.45) is 3.19. The van der Waals surface area contributed by atoms with Crippen molar-refractivity contribution >= 4 is 10.8 Å². The van der Waals surface area contributed by atoms with Crippen molar-refractivity contribution in [2.75, 3.05) is 31.1 Å². The molecule has 1 N–H and O–H groups in total. The normalized spacial score (nSPS) is 36.1. The molecule has 2 rings (SSSR count). The van der Waals surface area contributed by atoms with E-state index in [9.17, 15) is 9.32 Å². The lowest BCUT2D eigenvalue weighted by Crippen LogP contribution is -2.44. The molecule has 2 aliphatic rings. The van der Waals surface area contributed by atoms with Gasteiger partial charge in [-0.05, 0) is 37.0 Å². The fraction of sp³-hybridized carbons (Fsp3) is 1.00. The lowest BCUT2D eigenvalue weighted by atomic mass is 9.74. The Morgan fingerprint density at radius 3 is 2.56 bits per heavy atom. The van der Waals surface area contributed by atoms with Gasteiger partial charge in [-0.15, -0.1) is 0 Å². The van der Waals surface area contributed by atoms with E-state index in [1.165, 1.54) is 12.8 Å². The van der Waals surface area contributed by atoms with Crippen LogP contribution in [0.2, 0.25) is 0 Å². The van der Waals surface area contributed by atoms with Crippen LogP contribution < -0.4 is 0 Å². The standard InChI is InChI=1S/C14H27NO2S/c1-11(2)12-3-4-14(16)13(9-12)10-15-5-7-18(17)8-6-15/h11-14,16H,3-10H2,1-2H3. The maximum absolute atomic E-state index is 11.3. The van der Waals surface area contributed by atoms with E-state index in [0.29, 0.717) is 5.92 Å². The Bertz CT molecular complexity index is 286. The third kappa shape index (κ3) is 3.78. The maximum Gasteiger partial charge on any atom is 0.0580 e. The van der Waals surface area contributed by atoms with Crippen LogP contribution in [0.3, 0.4) is 0 Å². The van der Waals surface area contributed by atoms with Crippen molar-refractivity contribution in [1.29, 1.82) is 0 Å². The van der Waals surface area contributed by atoms with Gasteiger partial charge in [0.2, 0.25) is 0 Å². The number of hydrogen-bond acceptors (Lipinski definition) is 3. The molecule has 0 bridgehead atoms. The van der Waals surface area contributed by atoms with E-state index in [1.807, 2.05) is 0 Å². The minimum atomic E-state index is -0.595. The molecule has 0 amide bonds. The number of rotatable bonds is 3. The predicted molar refractivity (Wildman–Crippen MR) is 76.0 cm³/mol. The van der Waals surface area contributed by atoms with E-state index in [0.717, 1.165) is 49.4 Å². The summed E-state index contributed by atoms with van der Waals surface area (Å²) in [6, 6.07) is 0. The molecule has 3 atom stereocenters. The summed E-state index contributed by atoms with van der Waals surface area (Å²) < 4.78 is 11.3. The molecule has 18 heavy (non-hydrogen) atoms. The van der Waals surface area contributed by atoms with E-state index < -0.39 is 10.8 Å². The quantitative estimate of drug-likeness (QED) is 0.847. The van der Waals surface area contributed by atoms with Gasteiger partial charge in [-0.25, -0.2) is 0 Å². The predicted octanol–water partition coefficient (Wildman–Crippen LogP) is 1.48. The molecule has 3 unspecified atom stereocenters. The molecule has 1 heterocycles. The van der Waals surface area contributed by atoms with Gasteiger partial charge >= 0.3 is 0 Å². The SMILES string of the molecule is CC(C)C1CCC(O)C(CN2CCS(=O)CC2)C1. The van der Waals surface area contributed by atoms with Gasteiger partial charge in [0.1, 0.15) is 0 Å². The van der Waals surface area contributed by atoms with Gasteiger partial charge in [0.05, 0.1) is 6.10 Å². The van der Waals surface area contributed by atoms with Gasteiger partial charge in [0, 0.05) is 41.9 Å². The lowest BCUT2D eigenvalue weighted by Gasteiger charge is -2.38. The van der Waals surface area contributed by atoms with Gasteiger partial charge < -0.3 is 10.0 Å². The summed E-state index contributed by atoms with van der Waals surface area (Å²) >= 11 is 0. The van der Waals surface area contributed by atoms with E-state index in [4.69, 9.17) is 0 Å².